The number of benzene rings is 2. The van der Waals surface area contributed by atoms with Crippen LogP contribution in [0.25, 0.3) is 12.2 Å². The lowest BCUT2D eigenvalue weighted by molar-refractivity contribution is -0.323. The molecule has 0 atom stereocenters. The summed E-state index contributed by atoms with van der Waals surface area (Å²) in [6.07, 6.45) is -0.141. The molecule has 0 spiro atoms. The van der Waals surface area contributed by atoms with Crippen LogP contribution in [0.4, 0.5) is 26.3 Å². The average molecular weight is 573 g/mol. The molecule has 2 aromatic carbocycles. The molecule has 0 amide bonds. The fourth-order valence-electron chi connectivity index (χ4n) is 3.35. The van der Waals surface area contributed by atoms with E-state index in [1.54, 1.807) is 0 Å². The summed E-state index contributed by atoms with van der Waals surface area (Å²) in [5.41, 5.74) is -7.49. The second kappa shape index (κ2) is 10.4. The van der Waals surface area contributed by atoms with Crippen molar-refractivity contribution in [3.8, 4) is 11.5 Å². The third-order valence-corrected chi connectivity index (χ3v) is 5.74. The fourth-order valence-corrected chi connectivity index (χ4v) is 4.30. The molecule has 6 nitrogen and oxygen atoms in total. The highest BCUT2D eigenvalue weighted by atomic mass is 32.2. The number of alkyl halides is 6. The first-order valence-electron chi connectivity index (χ1n) is 10.2. The summed E-state index contributed by atoms with van der Waals surface area (Å²) in [4.78, 5) is 0. The van der Waals surface area contributed by atoms with E-state index < -0.39 is 60.6 Å². The molecule has 0 bridgehead atoms. The van der Waals surface area contributed by atoms with E-state index in [0.29, 0.717) is 36.8 Å². The van der Waals surface area contributed by atoms with Crippen LogP contribution in [0.1, 0.15) is 36.1 Å². The number of hydrogen-bond acceptors (Lipinski definition) is 6. The van der Waals surface area contributed by atoms with Gasteiger partial charge in [-0.15, -0.1) is 0 Å². The van der Waals surface area contributed by atoms with E-state index in [1.165, 1.54) is 26.0 Å². The van der Waals surface area contributed by atoms with Crippen LogP contribution < -0.4 is 8.37 Å². The Morgan fingerprint density at radius 1 is 0.676 bits per heavy atom. The van der Waals surface area contributed by atoms with Crippen molar-refractivity contribution < 1.29 is 51.5 Å². The Kier molecular flexibility index (Phi) is 8.50. The van der Waals surface area contributed by atoms with Crippen molar-refractivity contribution in [1.29, 1.82) is 0 Å². The van der Waals surface area contributed by atoms with Gasteiger partial charge < -0.3 is 8.37 Å². The van der Waals surface area contributed by atoms with E-state index in [9.17, 15) is 38.8 Å². The smallest absolute Gasteiger partial charge is 0.382 e. The van der Waals surface area contributed by atoms with Gasteiger partial charge in [-0.1, -0.05) is 36.4 Å². The molecule has 0 aromatic heterocycles. The molecule has 0 N–H and O–H groups in total. The number of allylic oxidation sites excluding steroid dienone is 2. The second-order valence-corrected chi connectivity index (χ2v) is 11.0. The standard InChI is InChI=1S/C23H22F6O6S2/c1-5-7-15-13-17(9-11-19(15)34-36(3,30)31)21(24,22(25,26)23(27,28)29)18-10-12-20(35-37(4,32)33)16(14-18)8-6-2/h5-14H,1-4H3. The molecule has 0 heterocycles. The van der Waals surface area contributed by atoms with E-state index >= 15 is 4.39 Å². The first-order valence-corrected chi connectivity index (χ1v) is 13.9. The van der Waals surface area contributed by atoms with Gasteiger partial charge in [0, 0.05) is 22.3 Å². The Hall–Kier alpha value is -3.00. The van der Waals surface area contributed by atoms with Crippen LogP contribution in [0.5, 0.6) is 11.5 Å². The van der Waals surface area contributed by atoms with Crippen molar-refractivity contribution in [1.82, 2.24) is 0 Å². The zero-order valence-electron chi connectivity index (χ0n) is 19.8. The molecular weight excluding hydrogens is 550 g/mol. The molecule has 0 aliphatic heterocycles. The molecule has 204 valence electrons. The summed E-state index contributed by atoms with van der Waals surface area (Å²) in [5.74, 6) is -6.87. The minimum atomic E-state index is -6.37. The van der Waals surface area contributed by atoms with Gasteiger partial charge in [-0.3, -0.25) is 0 Å². The Morgan fingerprint density at radius 2 is 1.03 bits per heavy atom. The Morgan fingerprint density at radius 3 is 1.30 bits per heavy atom. The summed E-state index contributed by atoms with van der Waals surface area (Å²) >= 11 is 0. The van der Waals surface area contributed by atoms with Gasteiger partial charge in [0.15, 0.2) is 0 Å². The van der Waals surface area contributed by atoms with Crippen LogP contribution in [0.3, 0.4) is 0 Å². The number of halogens is 6. The van der Waals surface area contributed by atoms with E-state index in [1.807, 2.05) is 0 Å². The van der Waals surface area contributed by atoms with Gasteiger partial charge in [-0.25, -0.2) is 4.39 Å². The molecule has 2 aromatic rings. The van der Waals surface area contributed by atoms with Gasteiger partial charge in [0.2, 0.25) is 5.67 Å². The summed E-state index contributed by atoms with van der Waals surface area (Å²) in [5, 5.41) is 0. The van der Waals surface area contributed by atoms with E-state index in [-0.39, 0.29) is 11.1 Å². The van der Waals surface area contributed by atoms with Crippen LogP contribution in [-0.2, 0) is 25.9 Å². The van der Waals surface area contributed by atoms with Crippen LogP contribution in [0.15, 0.2) is 48.6 Å². The fraction of sp³-hybridized carbons (Fsp3) is 0.304. The number of hydrogen-bond donors (Lipinski definition) is 0. The van der Waals surface area contributed by atoms with Gasteiger partial charge in [0.25, 0.3) is 0 Å². The Labute approximate surface area is 210 Å². The highest BCUT2D eigenvalue weighted by Gasteiger charge is 2.72. The zero-order valence-corrected chi connectivity index (χ0v) is 21.4. The predicted octanol–water partition coefficient (Wildman–Crippen LogP) is 5.84. The maximum Gasteiger partial charge on any atom is 0.457 e. The van der Waals surface area contributed by atoms with Crippen molar-refractivity contribution in [2.75, 3.05) is 12.5 Å². The maximum atomic E-state index is 16.5. The minimum absolute atomic E-state index is 0.295. The molecule has 0 radical (unpaired) electrons. The first-order chi connectivity index (χ1) is 16.8. The molecular formula is C23H22F6O6S2. The average Bonchev–Trinajstić information content (AvgIpc) is 2.73. The molecule has 0 saturated heterocycles. The monoisotopic (exact) mass is 572 g/mol. The summed E-state index contributed by atoms with van der Waals surface area (Å²) in [7, 11) is -8.26. The van der Waals surface area contributed by atoms with Gasteiger partial charge in [0.05, 0.1) is 12.5 Å². The summed E-state index contributed by atoms with van der Waals surface area (Å²) in [6, 6.07) is 3.81. The lowest BCUT2D eigenvalue weighted by Gasteiger charge is -2.36. The first kappa shape index (κ1) is 30.2. The maximum absolute atomic E-state index is 16.5. The van der Waals surface area contributed by atoms with Gasteiger partial charge in [-0.2, -0.15) is 38.8 Å². The highest BCUT2D eigenvalue weighted by Crippen LogP contribution is 2.55. The number of rotatable bonds is 9. The molecule has 37 heavy (non-hydrogen) atoms. The molecule has 0 aliphatic rings. The lowest BCUT2D eigenvalue weighted by atomic mass is 9.80. The minimum Gasteiger partial charge on any atom is -0.382 e. The van der Waals surface area contributed by atoms with Crippen molar-refractivity contribution in [2.24, 2.45) is 0 Å². The van der Waals surface area contributed by atoms with E-state index in [2.05, 4.69) is 0 Å². The van der Waals surface area contributed by atoms with Crippen molar-refractivity contribution in [3.63, 3.8) is 0 Å². The Balaban J connectivity index is 2.94. The highest BCUT2D eigenvalue weighted by molar-refractivity contribution is 7.86. The molecule has 2 rings (SSSR count). The second-order valence-electron chi connectivity index (χ2n) is 7.81. The molecule has 0 fully saturated rings. The van der Waals surface area contributed by atoms with Gasteiger partial charge in [-0.05, 0) is 38.1 Å². The normalized spacial score (nSPS) is 15.2. The lowest BCUT2D eigenvalue weighted by Crippen LogP contribution is -2.53. The van der Waals surface area contributed by atoms with Crippen molar-refractivity contribution >= 4 is 32.4 Å². The SMILES string of the molecule is CC=Cc1cc(C(F)(c2ccc(OS(C)(=O)=O)c(C=CC)c2)C(F)(F)C(F)(F)F)ccc1OS(C)(=O)=O. The Bertz CT molecular complexity index is 1330. The molecule has 0 unspecified atom stereocenters. The van der Waals surface area contributed by atoms with Crippen LogP contribution in [0, 0.1) is 0 Å². The third kappa shape index (κ3) is 6.66. The predicted molar refractivity (Wildman–Crippen MR) is 126 cm³/mol. The van der Waals surface area contributed by atoms with Crippen molar-refractivity contribution in [2.45, 2.75) is 31.6 Å². The van der Waals surface area contributed by atoms with Crippen LogP contribution in [-0.4, -0.2) is 41.4 Å². The summed E-state index contributed by atoms with van der Waals surface area (Å²) in [6.45, 7) is 2.88. The molecule has 0 aliphatic carbocycles. The topological polar surface area (TPSA) is 86.7 Å². The molecule has 0 saturated carbocycles. The largest absolute Gasteiger partial charge is 0.457 e. The van der Waals surface area contributed by atoms with E-state index in [0.717, 1.165) is 24.3 Å². The van der Waals surface area contributed by atoms with Gasteiger partial charge >= 0.3 is 32.3 Å². The third-order valence-electron chi connectivity index (χ3n) is 4.78. The van der Waals surface area contributed by atoms with E-state index in [4.69, 9.17) is 8.37 Å². The van der Waals surface area contributed by atoms with Crippen molar-refractivity contribution in [3.05, 3.63) is 70.8 Å². The zero-order chi connectivity index (χ0) is 28.4. The summed E-state index contributed by atoms with van der Waals surface area (Å²) < 4.78 is 143. The molecule has 14 heteroatoms. The van der Waals surface area contributed by atoms with Crippen LogP contribution >= 0.6 is 0 Å². The quantitative estimate of drug-likeness (QED) is 0.277. The van der Waals surface area contributed by atoms with Crippen LogP contribution in [0.2, 0.25) is 0 Å². The van der Waals surface area contributed by atoms with Gasteiger partial charge in [0.1, 0.15) is 11.5 Å².